The predicted molar refractivity (Wildman–Crippen MR) is 68.2 cm³/mol. The zero-order valence-electron chi connectivity index (χ0n) is 10.0. The van der Waals surface area contributed by atoms with Gasteiger partial charge in [-0.05, 0) is 43.6 Å². The van der Waals surface area contributed by atoms with E-state index in [1.54, 1.807) is 6.07 Å². The largest absolute Gasteiger partial charge is 0.378 e. The van der Waals surface area contributed by atoms with Crippen molar-refractivity contribution in [1.29, 1.82) is 0 Å². The van der Waals surface area contributed by atoms with Crippen LogP contribution >= 0.6 is 0 Å². The van der Waals surface area contributed by atoms with Crippen LogP contribution in [0.15, 0.2) is 12.1 Å². The lowest BCUT2D eigenvalue weighted by Crippen LogP contribution is -2.24. The second-order valence-corrected chi connectivity index (χ2v) is 5.20. The van der Waals surface area contributed by atoms with Crippen LogP contribution in [0.25, 0.3) is 0 Å². The van der Waals surface area contributed by atoms with E-state index in [-0.39, 0.29) is 11.5 Å². The van der Waals surface area contributed by atoms with Gasteiger partial charge in [0.05, 0.1) is 4.92 Å². The van der Waals surface area contributed by atoms with Crippen LogP contribution in [0.1, 0.15) is 25.7 Å². The summed E-state index contributed by atoms with van der Waals surface area (Å²) >= 11 is 0. The average Bonchev–Trinajstić information content (AvgIpc) is 3.17. The molecule has 0 bridgehead atoms. The number of nitrogens with two attached hydrogens (primary N) is 1. The molecule has 0 aliphatic heterocycles. The molecule has 0 amide bonds. The maximum atomic E-state index is 10.7. The highest BCUT2D eigenvalue weighted by Gasteiger charge is 2.41. The fraction of sp³-hybridized carbons (Fsp3) is 0.583. The maximum Gasteiger partial charge on any atom is 0.311 e. The number of rotatable bonds is 5. The number of nitrogen functional groups attached to an aromatic ring is 1. The van der Waals surface area contributed by atoms with Crippen molar-refractivity contribution in [2.45, 2.75) is 31.7 Å². The van der Waals surface area contributed by atoms with Gasteiger partial charge in [-0.3, -0.25) is 10.1 Å². The fourth-order valence-corrected chi connectivity index (χ4v) is 2.40. The van der Waals surface area contributed by atoms with Gasteiger partial charge in [0.1, 0.15) is 5.82 Å². The third kappa shape index (κ3) is 2.23. The molecule has 96 valence electrons. The third-order valence-corrected chi connectivity index (χ3v) is 3.67. The maximum absolute atomic E-state index is 10.7. The SMILES string of the molecule is Nc1nc(NC(C2CC2)C2CC2)ccc1[N+](=O)[O-]. The van der Waals surface area contributed by atoms with Gasteiger partial charge in [0.25, 0.3) is 0 Å². The quantitative estimate of drug-likeness (QED) is 0.615. The van der Waals surface area contributed by atoms with E-state index in [0.29, 0.717) is 11.9 Å². The summed E-state index contributed by atoms with van der Waals surface area (Å²) < 4.78 is 0. The molecule has 2 saturated carbocycles. The number of hydrogen-bond donors (Lipinski definition) is 2. The Morgan fingerprint density at radius 1 is 1.33 bits per heavy atom. The highest BCUT2D eigenvalue weighted by atomic mass is 16.6. The van der Waals surface area contributed by atoms with Crippen molar-refractivity contribution >= 4 is 17.3 Å². The van der Waals surface area contributed by atoms with Crippen LogP contribution in [0.5, 0.6) is 0 Å². The standard InChI is InChI=1S/C12H16N4O2/c13-12-9(16(17)18)5-6-10(15-12)14-11(7-1-2-7)8-3-4-8/h5-8,11H,1-4H2,(H3,13,14,15). The molecule has 1 heterocycles. The van der Waals surface area contributed by atoms with E-state index in [0.717, 1.165) is 11.8 Å². The number of aromatic nitrogens is 1. The Kier molecular flexibility index (Phi) is 2.57. The van der Waals surface area contributed by atoms with Gasteiger partial charge in [-0.15, -0.1) is 0 Å². The van der Waals surface area contributed by atoms with Gasteiger partial charge in [0, 0.05) is 12.1 Å². The second-order valence-electron chi connectivity index (χ2n) is 5.20. The number of nitrogens with one attached hydrogen (secondary N) is 1. The van der Waals surface area contributed by atoms with Crippen molar-refractivity contribution in [1.82, 2.24) is 4.98 Å². The van der Waals surface area contributed by atoms with Gasteiger partial charge >= 0.3 is 5.69 Å². The Labute approximate surface area is 105 Å². The third-order valence-electron chi connectivity index (χ3n) is 3.67. The monoisotopic (exact) mass is 248 g/mol. The number of nitro groups is 1. The van der Waals surface area contributed by atoms with Crippen molar-refractivity contribution in [3.8, 4) is 0 Å². The van der Waals surface area contributed by atoms with Gasteiger partial charge in [0.15, 0.2) is 0 Å². The van der Waals surface area contributed by atoms with Gasteiger partial charge in [-0.2, -0.15) is 0 Å². The molecule has 2 fully saturated rings. The number of anilines is 2. The molecule has 2 aliphatic rings. The first-order chi connectivity index (χ1) is 8.65. The van der Waals surface area contributed by atoms with Gasteiger partial charge < -0.3 is 11.1 Å². The van der Waals surface area contributed by atoms with Crippen LogP contribution in [0.3, 0.4) is 0 Å². The molecule has 0 saturated heterocycles. The van der Waals surface area contributed by atoms with Crippen LogP contribution in [0.4, 0.5) is 17.3 Å². The van der Waals surface area contributed by atoms with E-state index >= 15 is 0 Å². The van der Waals surface area contributed by atoms with Crippen LogP contribution in [0.2, 0.25) is 0 Å². The minimum absolute atomic E-state index is 0.0182. The number of nitrogens with zero attached hydrogens (tertiary/aromatic N) is 2. The van der Waals surface area contributed by atoms with Crippen LogP contribution in [0, 0.1) is 22.0 Å². The smallest absolute Gasteiger partial charge is 0.311 e. The molecule has 3 N–H and O–H groups in total. The number of pyridine rings is 1. The van der Waals surface area contributed by atoms with E-state index in [9.17, 15) is 10.1 Å². The van der Waals surface area contributed by atoms with Crippen LogP contribution in [-0.4, -0.2) is 15.9 Å². The lowest BCUT2D eigenvalue weighted by Gasteiger charge is -2.18. The van der Waals surface area contributed by atoms with Crippen molar-refractivity contribution in [3.63, 3.8) is 0 Å². The van der Waals surface area contributed by atoms with E-state index < -0.39 is 4.92 Å². The van der Waals surface area contributed by atoms with Gasteiger partial charge in [-0.25, -0.2) is 4.98 Å². The summed E-state index contributed by atoms with van der Waals surface area (Å²) in [7, 11) is 0. The fourth-order valence-electron chi connectivity index (χ4n) is 2.40. The Morgan fingerprint density at radius 3 is 2.39 bits per heavy atom. The molecule has 1 aromatic heterocycles. The van der Waals surface area contributed by atoms with Crippen LogP contribution < -0.4 is 11.1 Å². The first-order valence-electron chi connectivity index (χ1n) is 6.32. The summed E-state index contributed by atoms with van der Waals surface area (Å²) in [5, 5.41) is 14.1. The lowest BCUT2D eigenvalue weighted by atomic mass is 10.1. The molecular weight excluding hydrogens is 232 g/mol. The van der Waals surface area contributed by atoms with Crippen molar-refractivity contribution < 1.29 is 4.92 Å². The molecule has 0 atom stereocenters. The Hall–Kier alpha value is -1.85. The Balaban J connectivity index is 1.75. The Morgan fingerprint density at radius 2 is 1.94 bits per heavy atom. The minimum atomic E-state index is -0.509. The van der Waals surface area contributed by atoms with E-state index in [4.69, 9.17) is 5.73 Å². The molecule has 6 heteroatoms. The summed E-state index contributed by atoms with van der Waals surface area (Å²) in [6, 6.07) is 3.53. The molecule has 1 aromatic rings. The lowest BCUT2D eigenvalue weighted by molar-refractivity contribution is -0.384. The summed E-state index contributed by atoms with van der Waals surface area (Å²) in [4.78, 5) is 14.2. The Bertz CT molecular complexity index is 471. The van der Waals surface area contributed by atoms with E-state index in [1.165, 1.54) is 31.7 Å². The highest BCUT2D eigenvalue weighted by molar-refractivity contribution is 5.57. The summed E-state index contributed by atoms with van der Waals surface area (Å²) in [5.74, 6) is 2.13. The topological polar surface area (TPSA) is 94.1 Å². The van der Waals surface area contributed by atoms with E-state index in [1.807, 2.05) is 0 Å². The molecule has 0 aromatic carbocycles. The normalized spacial score (nSPS) is 18.9. The van der Waals surface area contributed by atoms with Gasteiger partial charge in [0.2, 0.25) is 5.82 Å². The molecular formula is C12H16N4O2. The number of hydrogen-bond acceptors (Lipinski definition) is 5. The first kappa shape index (κ1) is 11.3. The zero-order chi connectivity index (χ0) is 12.7. The molecule has 18 heavy (non-hydrogen) atoms. The summed E-state index contributed by atoms with van der Waals surface area (Å²) in [5.41, 5.74) is 5.46. The average molecular weight is 248 g/mol. The van der Waals surface area contributed by atoms with Gasteiger partial charge in [-0.1, -0.05) is 0 Å². The summed E-state index contributed by atoms with van der Waals surface area (Å²) in [6.07, 6.45) is 5.10. The first-order valence-corrected chi connectivity index (χ1v) is 6.32. The molecule has 2 aliphatic carbocycles. The molecule has 6 nitrogen and oxygen atoms in total. The minimum Gasteiger partial charge on any atom is -0.378 e. The molecule has 3 rings (SSSR count). The molecule has 0 unspecified atom stereocenters. The highest BCUT2D eigenvalue weighted by Crippen LogP contribution is 2.45. The van der Waals surface area contributed by atoms with Crippen LogP contribution in [-0.2, 0) is 0 Å². The predicted octanol–water partition coefficient (Wildman–Crippen LogP) is 2.17. The van der Waals surface area contributed by atoms with Crippen molar-refractivity contribution in [2.75, 3.05) is 11.1 Å². The van der Waals surface area contributed by atoms with Crippen molar-refractivity contribution in [3.05, 3.63) is 22.2 Å². The van der Waals surface area contributed by atoms with Crippen molar-refractivity contribution in [2.24, 2.45) is 11.8 Å². The van der Waals surface area contributed by atoms with E-state index in [2.05, 4.69) is 10.3 Å². The second kappa shape index (κ2) is 4.12. The zero-order valence-corrected chi connectivity index (χ0v) is 10.0. The summed E-state index contributed by atoms with van der Waals surface area (Å²) in [6.45, 7) is 0. The molecule has 0 spiro atoms. The molecule has 0 radical (unpaired) electrons.